The van der Waals surface area contributed by atoms with Crippen LogP contribution in [0.25, 0.3) is 0 Å². The molecule has 0 atom stereocenters. The molecule has 0 aliphatic carbocycles. The Balaban J connectivity index is 1.55. The normalized spacial score (nSPS) is 16.0. The summed E-state index contributed by atoms with van der Waals surface area (Å²) in [4.78, 5) is 15.1. The quantitative estimate of drug-likeness (QED) is 0.592. The summed E-state index contributed by atoms with van der Waals surface area (Å²) in [5.74, 6) is 0.345. The molecule has 10 heteroatoms. The van der Waals surface area contributed by atoms with Crippen LogP contribution in [0.4, 0.5) is 0 Å². The van der Waals surface area contributed by atoms with Gasteiger partial charge in [-0.3, -0.25) is 4.79 Å². The minimum Gasteiger partial charge on any atom is -0.339 e. The molecule has 1 aromatic carbocycles. The maximum Gasteiger partial charge on any atom is 0.252 e. The molecular formula is C16H16BrClN2O3S3. The van der Waals surface area contributed by atoms with Crippen LogP contribution in [-0.2, 0) is 14.8 Å². The molecule has 1 amide bonds. The number of halogens is 2. The Labute approximate surface area is 174 Å². The van der Waals surface area contributed by atoms with Crippen molar-refractivity contribution in [1.29, 1.82) is 0 Å². The molecule has 0 N–H and O–H groups in total. The summed E-state index contributed by atoms with van der Waals surface area (Å²) in [6, 6.07) is 10.9. The second-order valence-electron chi connectivity index (χ2n) is 5.56. The Morgan fingerprint density at radius 1 is 1.15 bits per heavy atom. The summed E-state index contributed by atoms with van der Waals surface area (Å²) in [5.41, 5.74) is 0. The van der Waals surface area contributed by atoms with Gasteiger partial charge in [0.15, 0.2) is 0 Å². The molecule has 140 valence electrons. The largest absolute Gasteiger partial charge is 0.339 e. The molecule has 1 aliphatic heterocycles. The Morgan fingerprint density at radius 3 is 2.46 bits per heavy atom. The van der Waals surface area contributed by atoms with Crippen LogP contribution < -0.4 is 0 Å². The zero-order chi connectivity index (χ0) is 18.7. The molecule has 3 rings (SSSR count). The molecule has 2 aromatic rings. The first-order valence-electron chi connectivity index (χ1n) is 7.78. The van der Waals surface area contributed by atoms with Gasteiger partial charge >= 0.3 is 0 Å². The average Bonchev–Trinajstić information content (AvgIpc) is 3.08. The second kappa shape index (κ2) is 8.62. The number of benzene rings is 1. The lowest BCUT2D eigenvalue weighted by molar-refractivity contribution is -0.129. The molecule has 1 aliphatic rings. The van der Waals surface area contributed by atoms with E-state index >= 15 is 0 Å². The zero-order valence-corrected chi connectivity index (χ0v) is 18.4. The highest BCUT2D eigenvalue weighted by Gasteiger charge is 2.31. The molecule has 1 aromatic heterocycles. The molecule has 0 spiro atoms. The van der Waals surface area contributed by atoms with Gasteiger partial charge in [0, 0.05) is 35.5 Å². The summed E-state index contributed by atoms with van der Waals surface area (Å²) in [5, 5.41) is 0. The van der Waals surface area contributed by atoms with Gasteiger partial charge in [0.05, 0.1) is 10.1 Å². The van der Waals surface area contributed by atoms with Crippen molar-refractivity contribution in [3.8, 4) is 0 Å². The van der Waals surface area contributed by atoms with Gasteiger partial charge in [-0.05, 0) is 40.2 Å². The Hall–Kier alpha value is -0.580. The summed E-state index contributed by atoms with van der Waals surface area (Å²) < 4.78 is 28.2. The van der Waals surface area contributed by atoms with Crippen LogP contribution in [0.2, 0.25) is 4.34 Å². The molecule has 0 unspecified atom stereocenters. The zero-order valence-electron chi connectivity index (χ0n) is 13.6. The van der Waals surface area contributed by atoms with Crippen molar-refractivity contribution in [2.75, 3.05) is 31.9 Å². The van der Waals surface area contributed by atoms with Crippen LogP contribution in [0.3, 0.4) is 0 Å². The SMILES string of the molecule is O=C(CSc1ccccc1Br)N1CCN(S(=O)(=O)c2ccc(Cl)s2)CC1. The van der Waals surface area contributed by atoms with E-state index in [-0.39, 0.29) is 10.1 Å². The number of carbonyl (C=O) groups is 1. The van der Waals surface area contributed by atoms with Gasteiger partial charge in [-0.1, -0.05) is 23.7 Å². The highest BCUT2D eigenvalue weighted by atomic mass is 79.9. The van der Waals surface area contributed by atoms with E-state index in [2.05, 4.69) is 15.9 Å². The molecule has 1 saturated heterocycles. The minimum atomic E-state index is -3.53. The molecule has 2 heterocycles. The fraction of sp³-hybridized carbons (Fsp3) is 0.312. The van der Waals surface area contributed by atoms with Gasteiger partial charge in [-0.25, -0.2) is 8.42 Å². The van der Waals surface area contributed by atoms with Gasteiger partial charge in [0.2, 0.25) is 5.91 Å². The Kier molecular flexibility index (Phi) is 6.68. The fourth-order valence-corrected chi connectivity index (χ4v) is 7.06. The Morgan fingerprint density at radius 2 is 1.85 bits per heavy atom. The number of piperazine rings is 1. The summed E-state index contributed by atoms with van der Waals surface area (Å²) >= 11 is 11.8. The average molecular weight is 496 g/mol. The van der Waals surface area contributed by atoms with Crippen molar-refractivity contribution < 1.29 is 13.2 Å². The van der Waals surface area contributed by atoms with Gasteiger partial charge in [0.1, 0.15) is 4.21 Å². The number of sulfonamides is 1. The van der Waals surface area contributed by atoms with Crippen LogP contribution in [0.1, 0.15) is 0 Å². The molecule has 0 saturated carbocycles. The first kappa shape index (κ1) is 20.2. The monoisotopic (exact) mass is 494 g/mol. The number of thioether (sulfide) groups is 1. The Bertz CT molecular complexity index is 896. The number of hydrogen-bond donors (Lipinski definition) is 0. The lowest BCUT2D eigenvalue weighted by atomic mass is 10.3. The predicted molar refractivity (Wildman–Crippen MR) is 110 cm³/mol. The van der Waals surface area contributed by atoms with Crippen molar-refractivity contribution in [2.45, 2.75) is 9.10 Å². The first-order chi connectivity index (χ1) is 12.4. The van der Waals surface area contributed by atoms with E-state index in [1.165, 1.54) is 22.1 Å². The fourth-order valence-electron chi connectivity index (χ4n) is 2.53. The van der Waals surface area contributed by atoms with Crippen molar-refractivity contribution in [2.24, 2.45) is 0 Å². The molecule has 26 heavy (non-hydrogen) atoms. The van der Waals surface area contributed by atoms with Crippen LogP contribution in [-0.4, -0.2) is 55.5 Å². The van der Waals surface area contributed by atoms with Crippen molar-refractivity contribution in [1.82, 2.24) is 9.21 Å². The number of amides is 1. The lowest BCUT2D eigenvalue weighted by Crippen LogP contribution is -2.50. The topological polar surface area (TPSA) is 57.7 Å². The number of hydrogen-bond acceptors (Lipinski definition) is 5. The van der Waals surface area contributed by atoms with Gasteiger partial charge in [-0.2, -0.15) is 4.31 Å². The molecule has 1 fully saturated rings. The van der Waals surface area contributed by atoms with Gasteiger partial charge < -0.3 is 4.90 Å². The molecular weight excluding hydrogens is 480 g/mol. The number of nitrogens with zero attached hydrogens (tertiary/aromatic N) is 2. The molecule has 5 nitrogen and oxygen atoms in total. The van der Waals surface area contributed by atoms with E-state index in [0.29, 0.717) is 36.3 Å². The number of thiophene rings is 1. The van der Waals surface area contributed by atoms with Crippen LogP contribution >= 0.6 is 50.6 Å². The minimum absolute atomic E-state index is 0.0157. The number of carbonyl (C=O) groups excluding carboxylic acids is 1. The molecule has 0 radical (unpaired) electrons. The summed E-state index contributed by atoms with van der Waals surface area (Å²) in [6.45, 7) is 1.38. The number of rotatable bonds is 5. The maximum absolute atomic E-state index is 12.6. The third-order valence-corrected chi connectivity index (χ3v) is 9.53. The lowest BCUT2D eigenvalue weighted by Gasteiger charge is -2.33. The van der Waals surface area contributed by atoms with E-state index < -0.39 is 10.0 Å². The summed E-state index contributed by atoms with van der Waals surface area (Å²) in [6.07, 6.45) is 0. The smallest absolute Gasteiger partial charge is 0.252 e. The van der Waals surface area contributed by atoms with Crippen molar-refractivity contribution in [3.63, 3.8) is 0 Å². The highest BCUT2D eigenvalue weighted by Crippen LogP contribution is 2.29. The van der Waals surface area contributed by atoms with E-state index in [1.54, 1.807) is 11.0 Å². The van der Waals surface area contributed by atoms with Crippen LogP contribution in [0.15, 0.2) is 50.0 Å². The van der Waals surface area contributed by atoms with Crippen molar-refractivity contribution >= 4 is 66.6 Å². The van der Waals surface area contributed by atoms with Crippen LogP contribution in [0, 0.1) is 0 Å². The maximum atomic E-state index is 12.6. The molecule has 0 bridgehead atoms. The van der Waals surface area contributed by atoms with E-state index in [0.717, 1.165) is 20.7 Å². The first-order valence-corrected chi connectivity index (χ1v) is 12.2. The van der Waals surface area contributed by atoms with E-state index in [9.17, 15) is 13.2 Å². The standard InChI is InChI=1S/C16H16BrClN2O3S3/c17-12-3-1-2-4-13(12)24-11-15(21)19-7-9-20(10-8-19)26(22,23)16-6-5-14(18)25-16/h1-6H,7-11H2. The van der Waals surface area contributed by atoms with Crippen molar-refractivity contribution in [3.05, 3.63) is 45.2 Å². The summed E-state index contributed by atoms with van der Waals surface area (Å²) in [7, 11) is -3.53. The van der Waals surface area contributed by atoms with Gasteiger partial charge in [0.25, 0.3) is 10.0 Å². The third kappa shape index (κ3) is 4.63. The van der Waals surface area contributed by atoms with E-state index in [1.807, 2.05) is 24.3 Å². The van der Waals surface area contributed by atoms with Crippen LogP contribution in [0.5, 0.6) is 0 Å². The highest BCUT2D eigenvalue weighted by molar-refractivity contribution is 9.10. The second-order valence-corrected chi connectivity index (χ2v) is 11.3. The predicted octanol–water partition coefficient (Wildman–Crippen LogP) is 3.79. The van der Waals surface area contributed by atoms with E-state index in [4.69, 9.17) is 11.6 Å². The third-order valence-electron chi connectivity index (χ3n) is 3.92. The van der Waals surface area contributed by atoms with Gasteiger partial charge in [-0.15, -0.1) is 23.1 Å².